The number of fused-ring (bicyclic) bond motifs is 1. The third-order valence-corrected chi connectivity index (χ3v) is 3.53. The molecule has 0 spiro atoms. The van der Waals surface area contributed by atoms with Crippen LogP contribution < -0.4 is 16.2 Å². The number of benzene rings is 2. The van der Waals surface area contributed by atoms with Crippen LogP contribution in [0.1, 0.15) is 10.6 Å². The van der Waals surface area contributed by atoms with Crippen LogP contribution in [0.25, 0.3) is 11.0 Å². The van der Waals surface area contributed by atoms with E-state index in [1.54, 1.807) is 24.3 Å². The van der Waals surface area contributed by atoms with Crippen LogP contribution in [-0.4, -0.2) is 11.0 Å². The Morgan fingerprint density at radius 2 is 1.83 bits per heavy atom. The summed E-state index contributed by atoms with van der Waals surface area (Å²) in [5.41, 5.74) is 6.09. The largest absolute Gasteiger partial charge is 0.451 e. The lowest BCUT2D eigenvalue weighted by atomic mass is 10.2. The van der Waals surface area contributed by atoms with Gasteiger partial charge in [0.1, 0.15) is 11.4 Å². The van der Waals surface area contributed by atoms with Gasteiger partial charge in [-0.2, -0.15) is 0 Å². The number of hydrogen-bond donors (Lipinski definition) is 3. The number of halogens is 2. The molecule has 0 radical (unpaired) electrons. The number of carbonyl (C=O) groups is 1. The quantitative estimate of drug-likeness (QED) is 0.476. The van der Waals surface area contributed by atoms with Crippen LogP contribution in [0.15, 0.2) is 52.9 Å². The Morgan fingerprint density at radius 1 is 1.08 bits per heavy atom. The van der Waals surface area contributed by atoms with Crippen LogP contribution in [0.4, 0.5) is 10.1 Å². The molecule has 0 aliphatic carbocycles. The molecule has 1 heterocycles. The number of anilines is 1. The highest BCUT2D eigenvalue weighted by molar-refractivity contribution is 7.80. The zero-order chi connectivity index (χ0) is 17.1. The summed E-state index contributed by atoms with van der Waals surface area (Å²) in [4.78, 5) is 12.1. The van der Waals surface area contributed by atoms with Gasteiger partial charge >= 0.3 is 5.91 Å². The molecular weight excluding hydrogens is 353 g/mol. The minimum absolute atomic E-state index is 0.115. The summed E-state index contributed by atoms with van der Waals surface area (Å²) in [6.45, 7) is 0. The van der Waals surface area contributed by atoms with E-state index in [4.69, 9.17) is 28.2 Å². The number of furan rings is 1. The molecule has 0 unspecified atom stereocenters. The van der Waals surface area contributed by atoms with Gasteiger partial charge in [0, 0.05) is 16.1 Å². The molecule has 3 N–H and O–H groups in total. The van der Waals surface area contributed by atoms with Gasteiger partial charge in [0.05, 0.1) is 0 Å². The molecule has 3 rings (SSSR count). The summed E-state index contributed by atoms with van der Waals surface area (Å²) in [5.74, 6) is -0.729. The van der Waals surface area contributed by atoms with Crippen molar-refractivity contribution < 1.29 is 13.6 Å². The molecule has 0 aliphatic rings. The maximum Gasteiger partial charge on any atom is 0.305 e. The molecule has 1 amide bonds. The van der Waals surface area contributed by atoms with E-state index >= 15 is 0 Å². The van der Waals surface area contributed by atoms with Crippen molar-refractivity contribution in [3.63, 3.8) is 0 Å². The summed E-state index contributed by atoms with van der Waals surface area (Å²) in [6, 6.07) is 12.3. The molecule has 5 nitrogen and oxygen atoms in total. The smallest absolute Gasteiger partial charge is 0.305 e. The highest BCUT2D eigenvalue weighted by Gasteiger charge is 2.12. The molecule has 122 valence electrons. The van der Waals surface area contributed by atoms with E-state index in [2.05, 4.69) is 16.2 Å². The first-order valence-electron chi connectivity index (χ1n) is 6.83. The molecule has 1 aromatic heterocycles. The molecule has 0 bridgehead atoms. The maximum absolute atomic E-state index is 12.8. The lowest BCUT2D eigenvalue weighted by Crippen LogP contribution is -2.43. The Balaban J connectivity index is 1.59. The third-order valence-electron chi connectivity index (χ3n) is 3.09. The van der Waals surface area contributed by atoms with Crippen LogP contribution in [0.3, 0.4) is 0 Å². The Morgan fingerprint density at radius 3 is 2.58 bits per heavy atom. The van der Waals surface area contributed by atoms with Gasteiger partial charge in [0.25, 0.3) is 0 Å². The van der Waals surface area contributed by atoms with Crippen molar-refractivity contribution in [3.05, 3.63) is 65.1 Å². The molecule has 0 fully saturated rings. The van der Waals surface area contributed by atoms with Gasteiger partial charge in [0.2, 0.25) is 0 Å². The first-order chi connectivity index (χ1) is 11.5. The van der Waals surface area contributed by atoms with E-state index in [1.807, 2.05) is 0 Å². The Kier molecular flexibility index (Phi) is 4.64. The topological polar surface area (TPSA) is 66.3 Å². The van der Waals surface area contributed by atoms with Crippen LogP contribution in [0.2, 0.25) is 5.02 Å². The average Bonchev–Trinajstić information content (AvgIpc) is 2.98. The molecule has 0 atom stereocenters. The number of hydrazine groups is 1. The minimum Gasteiger partial charge on any atom is -0.451 e. The number of amides is 1. The number of rotatable bonds is 2. The number of carbonyl (C=O) groups excluding carboxylic acids is 1. The number of thiocarbonyl (C=S) groups is 1. The van der Waals surface area contributed by atoms with Crippen molar-refractivity contribution in [1.82, 2.24) is 10.9 Å². The van der Waals surface area contributed by atoms with E-state index in [1.165, 1.54) is 24.3 Å². The fraction of sp³-hybridized carbons (Fsp3) is 0. The molecule has 0 saturated carbocycles. The second-order valence-corrected chi connectivity index (χ2v) is 5.68. The van der Waals surface area contributed by atoms with Gasteiger partial charge in [-0.25, -0.2) is 4.39 Å². The van der Waals surface area contributed by atoms with Crippen LogP contribution in [0.5, 0.6) is 0 Å². The Hall–Kier alpha value is -2.64. The van der Waals surface area contributed by atoms with Crippen molar-refractivity contribution >= 4 is 51.5 Å². The first-order valence-corrected chi connectivity index (χ1v) is 7.62. The Bertz CT molecular complexity index is 911. The first kappa shape index (κ1) is 16.2. The third kappa shape index (κ3) is 3.81. The van der Waals surface area contributed by atoms with Crippen molar-refractivity contribution in [1.29, 1.82) is 0 Å². The van der Waals surface area contributed by atoms with Gasteiger partial charge in [-0.15, -0.1) is 0 Å². The van der Waals surface area contributed by atoms with E-state index in [0.29, 0.717) is 16.3 Å². The Labute approximate surface area is 146 Å². The fourth-order valence-electron chi connectivity index (χ4n) is 2.00. The summed E-state index contributed by atoms with van der Waals surface area (Å²) in [7, 11) is 0. The van der Waals surface area contributed by atoms with E-state index in [0.717, 1.165) is 5.39 Å². The van der Waals surface area contributed by atoms with Gasteiger partial charge in [-0.3, -0.25) is 15.6 Å². The van der Waals surface area contributed by atoms with Crippen molar-refractivity contribution in [3.8, 4) is 0 Å². The molecule has 0 saturated heterocycles. The van der Waals surface area contributed by atoms with Crippen LogP contribution in [0, 0.1) is 5.82 Å². The molecule has 3 aromatic rings. The number of hydrogen-bond acceptors (Lipinski definition) is 3. The van der Waals surface area contributed by atoms with E-state index in [-0.39, 0.29) is 16.7 Å². The van der Waals surface area contributed by atoms with Gasteiger partial charge in [-0.05, 0) is 60.7 Å². The summed E-state index contributed by atoms with van der Waals surface area (Å²) in [6.07, 6.45) is 0. The molecule has 8 heteroatoms. The zero-order valence-corrected chi connectivity index (χ0v) is 13.7. The lowest BCUT2D eigenvalue weighted by molar-refractivity contribution is 0.0918. The van der Waals surface area contributed by atoms with Gasteiger partial charge < -0.3 is 9.73 Å². The molecule has 2 aromatic carbocycles. The van der Waals surface area contributed by atoms with Gasteiger partial charge in [0.15, 0.2) is 10.9 Å². The monoisotopic (exact) mass is 363 g/mol. The van der Waals surface area contributed by atoms with Crippen molar-refractivity contribution in [2.75, 3.05) is 5.32 Å². The SMILES string of the molecule is O=C(NNC(=S)Nc1ccc(F)cc1)c1cc2cc(Cl)ccc2o1. The number of nitrogens with one attached hydrogen (secondary N) is 3. The highest BCUT2D eigenvalue weighted by atomic mass is 35.5. The van der Waals surface area contributed by atoms with E-state index < -0.39 is 5.91 Å². The van der Waals surface area contributed by atoms with Crippen molar-refractivity contribution in [2.45, 2.75) is 0 Å². The second kappa shape index (κ2) is 6.86. The van der Waals surface area contributed by atoms with Crippen molar-refractivity contribution in [2.24, 2.45) is 0 Å². The standard InChI is InChI=1S/C16H11ClFN3O2S/c17-10-1-6-13-9(7-10)8-14(23-13)15(22)20-21-16(24)19-12-4-2-11(18)3-5-12/h1-8H,(H,20,22)(H2,19,21,24). The summed E-state index contributed by atoms with van der Waals surface area (Å²) >= 11 is 10.9. The predicted octanol–water partition coefficient (Wildman–Crippen LogP) is 3.86. The summed E-state index contributed by atoms with van der Waals surface area (Å²) < 4.78 is 18.3. The fourth-order valence-corrected chi connectivity index (χ4v) is 2.35. The van der Waals surface area contributed by atoms with Gasteiger partial charge in [-0.1, -0.05) is 11.6 Å². The average molecular weight is 364 g/mol. The second-order valence-electron chi connectivity index (χ2n) is 4.83. The van der Waals surface area contributed by atoms with Crippen LogP contribution >= 0.6 is 23.8 Å². The summed E-state index contributed by atoms with van der Waals surface area (Å²) in [5, 5.41) is 4.22. The zero-order valence-electron chi connectivity index (χ0n) is 12.1. The normalized spacial score (nSPS) is 10.4. The predicted molar refractivity (Wildman–Crippen MR) is 94.4 cm³/mol. The molecular formula is C16H11ClFN3O2S. The van der Waals surface area contributed by atoms with Crippen LogP contribution in [-0.2, 0) is 0 Å². The minimum atomic E-state index is -0.495. The lowest BCUT2D eigenvalue weighted by Gasteiger charge is -2.10. The maximum atomic E-state index is 12.8. The van der Waals surface area contributed by atoms with E-state index in [9.17, 15) is 9.18 Å². The molecule has 24 heavy (non-hydrogen) atoms. The highest BCUT2D eigenvalue weighted by Crippen LogP contribution is 2.22. The molecule has 0 aliphatic heterocycles.